The first kappa shape index (κ1) is 27.2. The number of aliphatic hydroxyl groups is 1. The summed E-state index contributed by atoms with van der Waals surface area (Å²) in [5.74, 6) is 0.704. The Bertz CT molecular complexity index is 1260. The number of aryl methyl sites for hydroxylation is 1. The van der Waals surface area contributed by atoms with Gasteiger partial charge >= 0.3 is 0 Å². The standard InChI is InChI=1S/C27H32O9/c1-4-6-21-24(10-8-19(16(3)28)26(21)31)33-13-17(29)14-34-25-11-9-20-23(30)12-18(15-35-32)36-27(20)22(25)7-5-2/h8-12,17,29,31-32H,4-7,13-15H2,1-3H3. The summed E-state index contributed by atoms with van der Waals surface area (Å²) in [5.41, 5.74) is 1.52. The molecular formula is C27H32O9. The zero-order chi connectivity index (χ0) is 26.2. The number of ketones is 1. The van der Waals surface area contributed by atoms with Crippen LogP contribution in [0.5, 0.6) is 17.2 Å². The summed E-state index contributed by atoms with van der Waals surface area (Å²) in [5, 5.41) is 30.1. The van der Waals surface area contributed by atoms with E-state index in [4.69, 9.17) is 19.1 Å². The number of Topliss-reactive ketones (excluding diaryl/α,β-unsaturated/α-hetero) is 1. The van der Waals surface area contributed by atoms with E-state index in [1.807, 2.05) is 13.8 Å². The minimum atomic E-state index is -1.000. The summed E-state index contributed by atoms with van der Waals surface area (Å²) < 4.78 is 17.4. The van der Waals surface area contributed by atoms with E-state index in [1.54, 1.807) is 18.2 Å². The van der Waals surface area contributed by atoms with Gasteiger partial charge in [0.05, 0.1) is 10.9 Å². The maximum atomic E-state index is 12.5. The number of rotatable bonds is 13. The number of hydrogen-bond donors (Lipinski definition) is 3. The van der Waals surface area contributed by atoms with E-state index in [0.717, 1.165) is 12.8 Å². The number of aliphatic hydroxyl groups excluding tert-OH is 1. The first-order chi connectivity index (χ1) is 17.3. The van der Waals surface area contributed by atoms with Crippen LogP contribution < -0.4 is 14.9 Å². The summed E-state index contributed by atoms with van der Waals surface area (Å²) in [4.78, 5) is 28.3. The fourth-order valence-corrected chi connectivity index (χ4v) is 4.01. The molecule has 0 aliphatic heterocycles. The van der Waals surface area contributed by atoms with Crippen molar-refractivity contribution < 1.29 is 39.0 Å². The van der Waals surface area contributed by atoms with Crippen LogP contribution in [-0.4, -0.2) is 40.6 Å². The van der Waals surface area contributed by atoms with Crippen LogP contribution in [0, 0.1) is 0 Å². The first-order valence-electron chi connectivity index (χ1n) is 11.9. The average molecular weight is 501 g/mol. The lowest BCUT2D eigenvalue weighted by atomic mass is 10.0. The lowest BCUT2D eigenvalue weighted by molar-refractivity contribution is -0.256. The molecule has 3 N–H and O–H groups in total. The average Bonchev–Trinajstić information content (AvgIpc) is 2.84. The quantitative estimate of drug-likeness (QED) is 0.177. The monoisotopic (exact) mass is 500 g/mol. The number of phenolic OH excluding ortho intramolecular Hbond substituents is 1. The maximum Gasteiger partial charge on any atom is 0.193 e. The van der Waals surface area contributed by atoms with E-state index in [2.05, 4.69) is 4.89 Å². The Labute approximate surface area is 208 Å². The van der Waals surface area contributed by atoms with Crippen LogP contribution in [0.1, 0.15) is 60.9 Å². The molecule has 0 aliphatic rings. The van der Waals surface area contributed by atoms with Crippen molar-refractivity contribution in [2.24, 2.45) is 0 Å². The fourth-order valence-electron chi connectivity index (χ4n) is 4.01. The van der Waals surface area contributed by atoms with Crippen molar-refractivity contribution in [3.8, 4) is 17.2 Å². The summed E-state index contributed by atoms with van der Waals surface area (Å²) in [6.07, 6.45) is 1.57. The molecule has 2 aromatic carbocycles. The third-order valence-corrected chi connectivity index (χ3v) is 5.70. The van der Waals surface area contributed by atoms with Crippen LogP contribution in [0.4, 0.5) is 0 Å². The zero-order valence-corrected chi connectivity index (χ0v) is 20.7. The summed E-state index contributed by atoms with van der Waals surface area (Å²) in [7, 11) is 0. The highest BCUT2D eigenvalue weighted by Crippen LogP contribution is 2.33. The van der Waals surface area contributed by atoms with E-state index in [-0.39, 0.29) is 48.1 Å². The van der Waals surface area contributed by atoms with Gasteiger partial charge in [-0.2, -0.15) is 0 Å². The second-order valence-electron chi connectivity index (χ2n) is 8.54. The van der Waals surface area contributed by atoms with E-state index < -0.39 is 6.10 Å². The highest BCUT2D eigenvalue weighted by molar-refractivity contribution is 5.97. The Morgan fingerprint density at radius 1 is 1.00 bits per heavy atom. The number of ether oxygens (including phenoxy) is 2. The normalized spacial score (nSPS) is 12.0. The number of carbonyl (C=O) groups is 1. The van der Waals surface area contributed by atoms with Gasteiger partial charge in [0.25, 0.3) is 0 Å². The van der Waals surface area contributed by atoms with Crippen molar-refractivity contribution in [3.05, 3.63) is 63.0 Å². The second kappa shape index (κ2) is 12.5. The molecule has 0 aliphatic carbocycles. The molecule has 1 atom stereocenters. The predicted molar refractivity (Wildman–Crippen MR) is 133 cm³/mol. The van der Waals surface area contributed by atoms with Gasteiger partial charge in [0.2, 0.25) is 0 Å². The highest BCUT2D eigenvalue weighted by atomic mass is 17.1. The Kier molecular flexibility index (Phi) is 9.46. The van der Waals surface area contributed by atoms with Crippen molar-refractivity contribution in [3.63, 3.8) is 0 Å². The topological polar surface area (TPSA) is 136 Å². The molecule has 36 heavy (non-hydrogen) atoms. The molecule has 9 heteroatoms. The number of fused-ring (bicyclic) bond motifs is 1. The van der Waals surface area contributed by atoms with E-state index in [0.29, 0.717) is 46.4 Å². The van der Waals surface area contributed by atoms with Crippen LogP contribution in [0.15, 0.2) is 39.5 Å². The molecular weight excluding hydrogens is 468 g/mol. The molecule has 3 aromatic rings. The Morgan fingerprint density at radius 3 is 2.22 bits per heavy atom. The lowest BCUT2D eigenvalue weighted by Gasteiger charge is -2.18. The van der Waals surface area contributed by atoms with Crippen molar-refractivity contribution >= 4 is 16.8 Å². The smallest absolute Gasteiger partial charge is 0.193 e. The molecule has 9 nitrogen and oxygen atoms in total. The van der Waals surface area contributed by atoms with Crippen LogP contribution in [-0.2, 0) is 24.3 Å². The van der Waals surface area contributed by atoms with Crippen molar-refractivity contribution in [2.75, 3.05) is 13.2 Å². The van der Waals surface area contributed by atoms with Crippen molar-refractivity contribution in [2.45, 2.75) is 59.2 Å². The van der Waals surface area contributed by atoms with Gasteiger partial charge in [-0.25, -0.2) is 4.89 Å². The van der Waals surface area contributed by atoms with Crippen LogP contribution in [0.3, 0.4) is 0 Å². The summed E-state index contributed by atoms with van der Waals surface area (Å²) >= 11 is 0. The minimum Gasteiger partial charge on any atom is -0.507 e. The molecule has 0 spiro atoms. The summed E-state index contributed by atoms with van der Waals surface area (Å²) in [6, 6.07) is 7.65. The molecule has 0 radical (unpaired) electrons. The molecule has 0 saturated carbocycles. The molecule has 0 fully saturated rings. The van der Waals surface area contributed by atoms with Crippen LogP contribution >= 0.6 is 0 Å². The molecule has 0 amide bonds. The number of carbonyl (C=O) groups excluding carboxylic acids is 1. The van der Waals surface area contributed by atoms with Gasteiger partial charge in [0, 0.05) is 17.2 Å². The number of phenols is 1. The Balaban J connectivity index is 1.76. The Morgan fingerprint density at radius 2 is 1.61 bits per heavy atom. The SMILES string of the molecule is CCCc1c(OCC(O)COc2ccc3c(=O)cc(COO)oc3c2CCC)ccc(C(C)=O)c1O. The predicted octanol–water partition coefficient (Wildman–Crippen LogP) is 4.41. The molecule has 1 aromatic heterocycles. The van der Waals surface area contributed by atoms with E-state index in [9.17, 15) is 19.8 Å². The lowest BCUT2D eigenvalue weighted by Crippen LogP contribution is -2.25. The first-order valence-corrected chi connectivity index (χ1v) is 11.9. The molecule has 194 valence electrons. The number of aromatic hydroxyl groups is 1. The third kappa shape index (κ3) is 6.23. The van der Waals surface area contributed by atoms with Crippen LogP contribution in [0.2, 0.25) is 0 Å². The van der Waals surface area contributed by atoms with Crippen molar-refractivity contribution in [1.82, 2.24) is 0 Å². The van der Waals surface area contributed by atoms with Crippen LogP contribution in [0.25, 0.3) is 11.0 Å². The van der Waals surface area contributed by atoms with Gasteiger partial charge in [0.15, 0.2) is 11.2 Å². The van der Waals surface area contributed by atoms with Gasteiger partial charge in [-0.3, -0.25) is 14.8 Å². The number of benzene rings is 2. The third-order valence-electron chi connectivity index (χ3n) is 5.70. The Hall–Kier alpha value is -3.40. The fraction of sp³-hybridized carbons (Fsp3) is 0.407. The minimum absolute atomic E-state index is 0.0908. The molecule has 0 bridgehead atoms. The largest absolute Gasteiger partial charge is 0.507 e. The summed E-state index contributed by atoms with van der Waals surface area (Å²) in [6.45, 7) is 4.86. The van der Waals surface area contributed by atoms with Crippen molar-refractivity contribution in [1.29, 1.82) is 0 Å². The maximum absolute atomic E-state index is 12.5. The van der Waals surface area contributed by atoms with Gasteiger partial charge in [0.1, 0.15) is 54.5 Å². The molecule has 1 unspecified atom stereocenters. The van der Waals surface area contributed by atoms with E-state index in [1.165, 1.54) is 19.1 Å². The van der Waals surface area contributed by atoms with Gasteiger partial charge in [-0.15, -0.1) is 0 Å². The second-order valence-corrected chi connectivity index (χ2v) is 8.54. The molecule has 3 rings (SSSR count). The van der Waals surface area contributed by atoms with Gasteiger partial charge < -0.3 is 24.1 Å². The molecule has 1 heterocycles. The van der Waals surface area contributed by atoms with Gasteiger partial charge in [-0.1, -0.05) is 26.7 Å². The van der Waals surface area contributed by atoms with Gasteiger partial charge in [-0.05, 0) is 44.0 Å². The molecule has 0 saturated heterocycles. The highest BCUT2D eigenvalue weighted by Gasteiger charge is 2.19. The van der Waals surface area contributed by atoms with E-state index >= 15 is 0 Å². The zero-order valence-electron chi connectivity index (χ0n) is 20.7. The number of hydrogen-bond acceptors (Lipinski definition) is 9.